The molecule has 56 valence electrons. The Kier molecular flexibility index (Phi) is 2.68. The summed E-state index contributed by atoms with van der Waals surface area (Å²) in [5.41, 5.74) is 6.50. The Labute approximate surface area is 66.5 Å². The highest BCUT2D eigenvalue weighted by molar-refractivity contribution is 7.80. The van der Waals surface area contributed by atoms with Gasteiger partial charge in [-0.1, -0.05) is 6.08 Å². The van der Waals surface area contributed by atoms with Crippen LogP contribution >= 0.6 is 12.2 Å². The maximum absolute atomic E-state index is 5.30. The summed E-state index contributed by atoms with van der Waals surface area (Å²) in [6.45, 7) is 0. The van der Waals surface area contributed by atoms with Crippen molar-refractivity contribution in [3.8, 4) is 0 Å². The third kappa shape index (κ3) is 2.35. The molecule has 1 aliphatic rings. The molecule has 3 heteroatoms. The Hall–Kier alpha value is -0.570. The van der Waals surface area contributed by atoms with Gasteiger partial charge in [-0.3, -0.25) is 0 Å². The van der Waals surface area contributed by atoms with Gasteiger partial charge in [0.2, 0.25) is 0 Å². The Morgan fingerprint density at radius 1 is 1.60 bits per heavy atom. The average Bonchev–Trinajstić information content (AvgIpc) is 1.88. The monoisotopic (exact) mass is 156 g/mol. The zero-order valence-corrected chi connectivity index (χ0v) is 6.71. The summed E-state index contributed by atoms with van der Waals surface area (Å²) < 4.78 is 0. The minimum Gasteiger partial charge on any atom is -0.376 e. The van der Waals surface area contributed by atoms with Gasteiger partial charge in [-0.05, 0) is 37.9 Å². The molecule has 0 saturated carbocycles. The van der Waals surface area contributed by atoms with Crippen molar-refractivity contribution in [2.24, 2.45) is 5.73 Å². The molecule has 0 aliphatic heterocycles. The number of hydrogen-bond donors (Lipinski definition) is 2. The van der Waals surface area contributed by atoms with E-state index in [1.807, 2.05) is 0 Å². The van der Waals surface area contributed by atoms with Crippen molar-refractivity contribution in [3.05, 3.63) is 11.8 Å². The molecule has 3 N–H and O–H groups in total. The molecule has 0 aromatic heterocycles. The third-order valence-electron chi connectivity index (χ3n) is 1.57. The van der Waals surface area contributed by atoms with Gasteiger partial charge in [0.1, 0.15) is 0 Å². The molecule has 0 bridgehead atoms. The molecule has 0 fully saturated rings. The first-order chi connectivity index (χ1) is 4.79. The minimum absolute atomic E-state index is 0.383. The maximum Gasteiger partial charge on any atom is 0.167 e. The van der Waals surface area contributed by atoms with Gasteiger partial charge in [0.15, 0.2) is 5.11 Å². The molecular formula is C7H12N2S. The lowest BCUT2D eigenvalue weighted by Crippen LogP contribution is -2.28. The molecule has 0 amide bonds. The van der Waals surface area contributed by atoms with Crippen LogP contribution in [0.2, 0.25) is 0 Å². The number of nitrogens with two attached hydrogens (primary N) is 1. The zero-order chi connectivity index (χ0) is 7.40. The van der Waals surface area contributed by atoms with Gasteiger partial charge in [0.05, 0.1) is 0 Å². The van der Waals surface area contributed by atoms with Crippen molar-refractivity contribution in [3.63, 3.8) is 0 Å². The Morgan fingerprint density at radius 3 is 2.90 bits per heavy atom. The summed E-state index contributed by atoms with van der Waals surface area (Å²) in [5, 5.41) is 3.33. The van der Waals surface area contributed by atoms with E-state index >= 15 is 0 Å². The molecule has 0 aromatic rings. The van der Waals surface area contributed by atoms with Crippen LogP contribution in [0.3, 0.4) is 0 Å². The molecule has 0 unspecified atom stereocenters. The van der Waals surface area contributed by atoms with E-state index in [2.05, 4.69) is 11.4 Å². The normalized spacial score (nSPS) is 17.8. The Morgan fingerprint density at radius 2 is 2.40 bits per heavy atom. The van der Waals surface area contributed by atoms with Gasteiger partial charge >= 0.3 is 0 Å². The lowest BCUT2D eigenvalue weighted by Gasteiger charge is -2.12. The van der Waals surface area contributed by atoms with Crippen LogP contribution < -0.4 is 11.1 Å². The van der Waals surface area contributed by atoms with Crippen LogP contribution in [0.4, 0.5) is 0 Å². The number of allylic oxidation sites excluding steroid dienone is 2. The quantitative estimate of drug-likeness (QED) is 0.562. The van der Waals surface area contributed by atoms with Crippen LogP contribution in [0.5, 0.6) is 0 Å². The maximum atomic E-state index is 5.30. The van der Waals surface area contributed by atoms with Gasteiger partial charge in [0, 0.05) is 5.70 Å². The van der Waals surface area contributed by atoms with Crippen molar-refractivity contribution in [1.82, 2.24) is 5.32 Å². The van der Waals surface area contributed by atoms with Crippen LogP contribution in [0, 0.1) is 0 Å². The lowest BCUT2D eigenvalue weighted by atomic mass is 10.1. The summed E-state index contributed by atoms with van der Waals surface area (Å²) in [6.07, 6.45) is 6.97. The molecule has 10 heavy (non-hydrogen) atoms. The van der Waals surface area contributed by atoms with Gasteiger partial charge in [-0.25, -0.2) is 0 Å². The zero-order valence-electron chi connectivity index (χ0n) is 5.89. The van der Waals surface area contributed by atoms with E-state index < -0.39 is 0 Å². The van der Waals surface area contributed by atoms with Gasteiger partial charge in [-0.15, -0.1) is 0 Å². The van der Waals surface area contributed by atoms with Gasteiger partial charge in [-0.2, -0.15) is 0 Å². The van der Waals surface area contributed by atoms with E-state index in [0.717, 1.165) is 12.8 Å². The molecule has 0 atom stereocenters. The SMILES string of the molecule is NC(=S)NC1=CCCCC1. The fourth-order valence-electron chi connectivity index (χ4n) is 1.11. The molecule has 0 radical (unpaired) electrons. The number of nitrogens with one attached hydrogen (secondary N) is 1. The molecule has 2 nitrogen and oxygen atoms in total. The van der Waals surface area contributed by atoms with Crippen LogP contribution in [0.15, 0.2) is 11.8 Å². The first-order valence-corrected chi connectivity index (χ1v) is 3.95. The highest BCUT2D eigenvalue weighted by Crippen LogP contribution is 2.14. The van der Waals surface area contributed by atoms with Crippen LogP contribution in [-0.2, 0) is 0 Å². The van der Waals surface area contributed by atoms with Crippen molar-refractivity contribution in [2.75, 3.05) is 0 Å². The largest absolute Gasteiger partial charge is 0.376 e. The van der Waals surface area contributed by atoms with Gasteiger partial charge in [0.25, 0.3) is 0 Å². The predicted octanol–water partition coefficient (Wildman–Crippen LogP) is 1.28. The summed E-state index contributed by atoms with van der Waals surface area (Å²) >= 11 is 4.70. The molecule has 0 saturated heterocycles. The Balaban J connectivity index is 2.38. The van der Waals surface area contributed by atoms with Crippen LogP contribution in [0.25, 0.3) is 0 Å². The number of hydrogen-bond acceptors (Lipinski definition) is 1. The summed E-state index contributed by atoms with van der Waals surface area (Å²) in [4.78, 5) is 0. The average molecular weight is 156 g/mol. The van der Waals surface area contributed by atoms with Crippen LogP contribution in [0.1, 0.15) is 25.7 Å². The fraction of sp³-hybridized carbons (Fsp3) is 0.571. The van der Waals surface area contributed by atoms with Crippen LogP contribution in [-0.4, -0.2) is 5.11 Å². The van der Waals surface area contributed by atoms with E-state index in [9.17, 15) is 0 Å². The van der Waals surface area contributed by atoms with Crippen molar-refractivity contribution in [2.45, 2.75) is 25.7 Å². The highest BCUT2D eigenvalue weighted by atomic mass is 32.1. The van der Waals surface area contributed by atoms with E-state index in [1.165, 1.54) is 18.5 Å². The fourth-order valence-corrected chi connectivity index (χ4v) is 1.24. The number of thiocarbonyl (C=S) groups is 1. The van der Waals surface area contributed by atoms with Crippen molar-refractivity contribution in [1.29, 1.82) is 0 Å². The number of rotatable bonds is 1. The van der Waals surface area contributed by atoms with E-state index in [1.54, 1.807) is 0 Å². The molecule has 1 rings (SSSR count). The molecule has 0 aromatic carbocycles. The third-order valence-corrected chi connectivity index (χ3v) is 1.68. The smallest absolute Gasteiger partial charge is 0.167 e. The summed E-state index contributed by atoms with van der Waals surface area (Å²) in [7, 11) is 0. The second-order valence-corrected chi connectivity index (χ2v) is 2.90. The topological polar surface area (TPSA) is 38.0 Å². The second-order valence-electron chi connectivity index (χ2n) is 2.46. The molecule has 0 spiro atoms. The first-order valence-electron chi connectivity index (χ1n) is 3.54. The summed E-state index contributed by atoms with van der Waals surface area (Å²) in [5.74, 6) is 0. The Bertz CT molecular complexity index is 163. The molecule has 0 heterocycles. The molecular weight excluding hydrogens is 144 g/mol. The highest BCUT2D eigenvalue weighted by Gasteiger charge is 2.02. The van der Waals surface area contributed by atoms with E-state index in [0.29, 0.717) is 5.11 Å². The standard InChI is InChI=1S/C7H12N2S/c8-7(10)9-6-4-2-1-3-5-6/h4H,1-3,5H2,(H3,8,9,10). The minimum atomic E-state index is 0.383. The summed E-state index contributed by atoms with van der Waals surface area (Å²) in [6, 6.07) is 0. The van der Waals surface area contributed by atoms with E-state index in [-0.39, 0.29) is 0 Å². The molecule has 1 aliphatic carbocycles. The predicted molar refractivity (Wildman–Crippen MR) is 46.5 cm³/mol. The first kappa shape index (κ1) is 7.54. The van der Waals surface area contributed by atoms with Gasteiger partial charge < -0.3 is 11.1 Å². The van der Waals surface area contributed by atoms with E-state index in [4.69, 9.17) is 18.0 Å². The second kappa shape index (κ2) is 3.56. The lowest BCUT2D eigenvalue weighted by molar-refractivity contribution is 0.681. The van der Waals surface area contributed by atoms with Crippen molar-refractivity contribution >= 4 is 17.3 Å². The van der Waals surface area contributed by atoms with Crippen molar-refractivity contribution < 1.29 is 0 Å².